The van der Waals surface area contributed by atoms with Gasteiger partial charge in [-0.15, -0.1) is 0 Å². The molecule has 0 saturated carbocycles. The molecule has 0 atom stereocenters. The summed E-state index contributed by atoms with van der Waals surface area (Å²) in [5, 5.41) is 11.0. The molecule has 0 fully saturated rings. The van der Waals surface area contributed by atoms with Crippen molar-refractivity contribution in [3.8, 4) is 0 Å². The molecule has 10 heteroatoms. The van der Waals surface area contributed by atoms with Gasteiger partial charge in [0.15, 0.2) is 0 Å². The van der Waals surface area contributed by atoms with Gasteiger partial charge in [-0.3, -0.25) is 10.1 Å². The van der Waals surface area contributed by atoms with Gasteiger partial charge in [0.2, 0.25) is 10.0 Å². The standard InChI is InChI=1S/C17H17F3N2O4S/c1-21(12-14-7-2-4-8-15(14)17(18,19)20)27(25,26)11-10-13-6-3-5-9-16(13)22(23)24/h2-9H,10-12H2,1H3. The molecule has 0 bridgehead atoms. The highest BCUT2D eigenvalue weighted by atomic mass is 32.2. The van der Waals surface area contributed by atoms with Crippen LogP contribution in [-0.4, -0.2) is 30.4 Å². The number of sulfonamides is 1. The summed E-state index contributed by atoms with van der Waals surface area (Å²) in [6.45, 7) is -0.450. The highest BCUT2D eigenvalue weighted by molar-refractivity contribution is 7.89. The van der Waals surface area contributed by atoms with Crippen LogP contribution < -0.4 is 0 Å². The predicted molar refractivity (Wildman–Crippen MR) is 93.5 cm³/mol. The van der Waals surface area contributed by atoms with Crippen LogP contribution in [0.3, 0.4) is 0 Å². The largest absolute Gasteiger partial charge is 0.416 e. The Kier molecular flexibility index (Phi) is 6.22. The molecule has 146 valence electrons. The van der Waals surface area contributed by atoms with Crippen LogP contribution in [0.2, 0.25) is 0 Å². The van der Waals surface area contributed by atoms with Crippen molar-refractivity contribution in [3.05, 3.63) is 75.3 Å². The van der Waals surface area contributed by atoms with Crippen LogP contribution in [0.1, 0.15) is 16.7 Å². The molecule has 0 spiro atoms. The zero-order chi connectivity index (χ0) is 20.2. The number of rotatable bonds is 7. The van der Waals surface area contributed by atoms with Crippen LogP contribution in [0, 0.1) is 10.1 Å². The molecular weight excluding hydrogens is 385 g/mol. The molecule has 2 aromatic rings. The Morgan fingerprint density at radius 3 is 2.19 bits per heavy atom. The summed E-state index contributed by atoms with van der Waals surface area (Å²) in [6, 6.07) is 10.5. The van der Waals surface area contributed by atoms with Crippen LogP contribution >= 0.6 is 0 Å². The molecule has 27 heavy (non-hydrogen) atoms. The molecule has 6 nitrogen and oxygen atoms in total. The Morgan fingerprint density at radius 1 is 1.04 bits per heavy atom. The van der Waals surface area contributed by atoms with Crippen molar-refractivity contribution in [2.45, 2.75) is 19.1 Å². The van der Waals surface area contributed by atoms with E-state index >= 15 is 0 Å². The van der Waals surface area contributed by atoms with E-state index in [9.17, 15) is 31.7 Å². The van der Waals surface area contributed by atoms with E-state index in [0.29, 0.717) is 0 Å². The van der Waals surface area contributed by atoms with Gasteiger partial charge in [0, 0.05) is 25.2 Å². The number of halogens is 3. The molecule has 0 aromatic heterocycles. The summed E-state index contributed by atoms with van der Waals surface area (Å²) in [5.41, 5.74) is -1.01. The van der Waals surface area contributed by atoms with E-state index in [1.165, 1.54) is 43.4 Å². The molecule has 0 aliphatic rings. The van der Waals surface area contributed by atoms with E-state index in [1.807, 2.05) is 0 Å². The molecule has 0 heterocycles. The first-order valence-electron chi connectivity index (χ1n) is 7.84. The van der Waals surface area contributed by atoms with Gasteiger partial charge in [-0.05, 0) is 18.1 Å². The molecule has 2 aromatic carbocycles. The van der Waals surface area contributed by atoms with Gasteiger partial charge in [-0.2, -0.15) is 13.2 Å². The van der Waals surface area contributed by atoms with Gasteiger partial charge in [-0.25, -0.2) is 12.7 Å². The fourth-order valence-electron chi connectivity index (χ4n) is 2.57. The first kappa shape index (κ1) is 20.8. The highest BCUT2D eigenvalue weighted by Crippen LogP contribution is 2.32. The lowest BCUT2D eigenvalue weighted by atomic mass is 10.1. The van der Waals surface area contributed by atoms with E-state index in [-0.39, 0.29) is 23.2 Å². The van der Waals surface area contributed by atoms with Crippen LogP contribution in [0.25, 0.3) is 0 Å². The third kappa shape index (κ3) is 5.27. The number of aryl methyl sites for hydroxylation is 1. The van der Waals surface area contributed by atoms with E-state index < -0.39 is 39.0 Å². The number of para-hydroxylation sites is 1. The van der Waals surface area contributed by atoms with Gasteiger partial charge < -0.3 is 0 Å². The normalized spacial score (nSPS) is 12.3. The van der Waals surface area contributed by atoms with E-state index in [0.717, 1.165) is 10.4 Å². The lowest BCUT2D eigenvalue weighted by Crippen LogP contribution is -2.30. The van der Waals surface area contributed by atoms with Crippen molar-refractivity contribution in [1.29, 1.82) is 0 Å². The van der Waals surface area contributed by atoms with Crippen LogP contribution in [0.4, 0.5) is 18.9 Å². The van der Waals surface area contributed by atoms with Crippen LogP contribution in [0.5, 0.6) is 0 Å². The smallest absolute Gasteiger partial charge is 0.258 e. The summed E-state index contributed by atoms with van der Waals surface area (Å²) in [4.78, 5) is 10.4. The zero-order valence-corrected chi connectivity index (χ0v) is 15.1. The number of nitro benzene ring substituents is 1. The SMILES string of the molecule is CN(Cc1ccccc1C(F)(F)F)S(=O)(=O)CCc1ccccc1[N+](=O)[O-]. The van der Waals surface area contributed by atoms with Crippen molar-refractivity contribution >= 4 is 15.7 Å². The number of hydrogen-bond donors (Lipinski definition) is 0. The minimum absolute atomic E-state index is 0.120. The van der Waals surface area contributed by atoms with Gasteiger partial charge in [0.1, 0.15) is 0 Å². The minimum Gasteiger partial charge on any atom is -0.258 e. The Labute approximate surface area is 154 Å². The Balaban J connectivity index is 2.15. The third-order valence-corrected chi connectivity index (χ3v) is 5.81. The number of benzene rings is 2. The van der Waals surface area contributed by atoms with Gasteiger partial charge >= 0.3 is 6.18 Å². The number of nitro groups is 1. The fraction of sp³-hybridized carbons (Fsp3) is 0.294. The molecule has 0 aliphatic carbocycles. The van der Waals surface area contributed by atoms with Crippen molar-refractivity contribution < 1.29 is 26.5 Å². The second kappa shape index (κ2) is 8.05. The lowest BCUT2D eigenvalue weighted by Gasteiger charge is -2.20. The van der Waals surface area contributed by atoms with Crippen molar-refractivity contribution in [3.63, 3.8) is 0 Å². The molecule has 0 unspecified atom stereocenters. The lowest BCUT2D eigenvalue weighted by molar-refractivity contribution is -0.385. The average molecular weight is 402 g/mol. The van der Waals surface area contributed by atoms with Gasteiger partial charge in [0.05, 0.1) is 16.2 Å². The summed E-state index contributed by atoms with van der Waals surface area (Å²) in [6.07, 6.45) is -4.71. The molecule has 0 N–H and O–H groups in total. The van der Waals surface area contributed by atoms with Crippen LogP contribution in [-0.2, 0) is 29.2 Å². The summed E-state index contributed by atoms with van der Waals surface area (Å²) >= 11 is 0. The maximum atomic E-state index is 13.1. The summed E-state index contributed by atoms with van der Waals surface area (Å²) < 4.78 is 64.8. The van der Waals surface area contributed by atoms with E-state index in [4.69, 9.17) is 0 Å². The molecular formula is C17H17F3N2O4S. The maximum Gasteiger partial charge on any atom is 0.416 e. The number of nitrogens with zero attached hydrogens (tertiary/aromatic N) is 2. The van der Waals surface area contributed by atoms with E-state index in [2.05, 4.69) is 0 Å². The second-order valence-corrected chi connectivity index (χ2v) is 8.06. The zero-order valence-electron chi connectivity index (χ0n) is 14.3. The van der Waals surface area contributed by atoms with Gasteiger partial charge in [-0.1, -0.05) is 36.4 Å². The monoisotopic (exact) mass is 402 g/mol. The first-order valence-corrected chi connectivity index (χ1v) is 9.44. The maximum absolute atomic E-state index is 13.1. The molecule has 2 rings (SSSR count). The molecule has 0 saturated heterocycles. The van der Waals surface area contributed by atoms with Crippen molar-refractivity contribution in [2.75, 3.05) is 12.8 Å². The first-order chi connectivity index (χ1) is 12.5. The molecule has 0 aliphatic heterocycles. The second-order valence-electron chi connectivity index (χ2n) is 5.86. The average Bonchev–Trinajstić information content (AvgIpc) is 2.59. The van der Waals surface area contributed by atoms with Crippen molar-refractivity contribution in [2.24, 2.45) is 0 Å². The Bertz CT molecular complexity index is 930. The molecule has 0 radical (unpaired) electrons. The highest BCUT2D eigenvalue weighted by Gasteiger charge is 2.33. The number of alkyl halides is 3. The minimum atomic E-state index is -4.59. The quantitative estimate of drug-likeness (QED) is 0.523. The van der Waals surface area contributed by atoms with Gasteiger partial charge in [0.25, 0.3) is 5.69 Å². The third-order valence-electron chi connectivity index (χ3n) is 4.01. The summed E-state index contributed by atoms with van der Waals surface area (Å²) in [7, 11) is -2.74. The predicted octanol–water partition coefficient (Wildman–Crippen LogP) is 3.62. The fourth-order valence-corrected chi connectivity index (χ4v) is 3.69. The topological polar surface area (TPSA) is 80.5 Å². The Hall–Kier alpha value is -2.46. The van der Waals surface area contributed by atoms with Crippen LogP contribution in [0.15, 0.2) is 48.5 Å². The van der Waals surface area contributed by atoms with E-state index in [1.54, 1.807) is 6.07 Å². The Morgan fingerprint density at radius 2 is 1.59 bits per heavy atom. The summed E-state index contributed by atoms with van der Waals surface area (Å²) in [5.74, 6) is -0.456. The molecule has 0 amide bonds. The van der Waals surface area contributed by atoms with Crippen molar-refractivity contribution in [1.82, 2.24) is 4.31 Å². The number of hydrogen-bond acceptors (Lipinski definition) is 4.